The lowest BCUT2D eigenvalue weighted by atomic mass is 9.60. The third-order valence-electron chi connectivity index (χ3n) is 7.55. The van der Waals surface area contributed by atoms with Crippen LogP contribution >= 0.6 is 0 Å². The number of hydrogen-bond donors (Lipinski definition) is 3. The number of carboxylic acids is 1. The molecule has 7 heteroatoms. The first-order chi connectivity index (χ1) is 15.5. The zero-order chi connectivity index (χ0) is 24.3. The summed E-state index contributed by atoms with van der Waals surface area (Å²) in [7, 11) is 0. The highest BCUT2D eigenvalue weighted by molar-refractivity contribution is 5.87. The van der Waals surface area contributed by atoms with E-state index in [0.29, 0.717) is 11.7 Å². The number of aliphatic carboxylic acids is 1. The summed E-state index contributed by atoms with van der Waals surface area (Å²) in [6.07, 6.45) is 6.60. The fraction of sp³-hybridized carbons (Fsp3) is 0.654. The summed E-state index contributed by atoms with van der Waals surface area (Å²) in [6, 6.07) is 4.93. The lowest BCUT2D eigenvalue weighted by molar-refractivity contribution is -0.144. The average Bonchev–Trinajstić information content (AvgIpc) is 2.74. The molecule has 0 aromatic heterocycles. The quantitative estimate of drug-likeness (QED) is 0.425. The number of amides is 1. The maximum absolute atomic E-state index is 12.7. The normalized spacial score (nSPS) is 26.4. The number of rotatable bonds is 7. The van der Waals surface area contributed by atoms with Crippen LogP contribution in [0.15, 0.2) is 18.2 Å². The Labute approximate surface area is 196 Å². The van der Waals surface area contributed by atoms with Crippen molar-refractivity contribution in [3.63, 3.8) is 0 Å². The Morgan fingerprint density at radius 2 is 1.94 bits per heavy atom. The maximum atomic E-state index is 12.7. The van der Waals surface area contributed by atoms with Crippen LogP contribution < -0.4 is 15.8 Å². The van der Waals surface area contributed by atoms with E-state index in [0.717, 1.165) is 25.7 Å². The van der Waals surface area contributed by atoms with Crippen LogP contribution in [0.4, 0.5) is 0 Å². The van der Waals surface area contributed by atoms with Gasteiger partial charge < -0.3 is 20.9 Å². The van der Waals surface area contributed by atoms with Gasteiger partial charge in [-0.15, -0.1) is 0 Å². The van der Waals surface area contributed by atoms with E-state index in [4.69, 9.17) is 10.5 Å². The lowest BCUT2D eigenvalue weighted by Crippen LogP contribution is -2.52. The molecule has 1 aromatic rings. The Bertz CT molecular complexity index is 899. The molecule has 2 aliphatic rings. The summed E-state index contributed by atoms with van der Waals surface area (Å²) in [4.78, 5) is 36.3. The van der Waals surface area contributed by atoms with Crippen LogP contribution in [0.3, 0.4) is 0 Å². The molecule has 4 N–H and O–H groups in total. The summed E-state index contributed by atoms with van der Waals surface area (Å²) in [5, 5.41) is 11.7. The van der Waals surface area contributed by atoms with Gasteiger partial charge in [0, 0.05) is 17.9 Å². The van der Waals surface area contributed by atoms with Crippen molar-refractivity contribution in [3.8, 4) is 5.75 Å². The molecule has 2 aliphatic carbocycles. The molecule has 1 fully saturated rings. The molecule has 0 heterocycles. The second-order valence-corrected chi connectivity index (χ2v) is 10.5. The van der Waals surface area contributed by atoms with Gasteiger partial charge in [-0.1, -0.05) is 53.0 Å². The number of benzene rings is 1. The van der Waals surface area contributed by atoms with E-state index < -0.39 is 29.8 Å². The fourth-order valence-corrected chi connectivity index (χ4v) is 5.42. The summed E-state index contributed by atoms with van der Waals surface area (Å²) in [5.74, 6) is -2.10. The van der Waals surface area contributed by atoms with E-state index in [1.54, 1.807) is 20.8 Å². The average molecular weight is 459 g/mol. The third kappa shape index (κ3) is 5.57. The van der Waals surface area contributed by atoms with E-state index in [1.807, 2.05) is 18.2 Å². The van der Waals surface area contributed by atoms with Gasteiger partial charge in [0.25, 0.3) is 0 Å². The minimum absolute atomic E-state index is 0.0852. The SMILES string of the molecule is CC(C)[C@H](NC(=O)C[C@H](C)C(=O)Oc1ccc2c(c1)[C@@]1(C)CCCCC[C@@H](C2)[C@@H]1N)C(=O)O. The van der Waals surface area contributed by atoms with Crippen LogP contribution in [0.2, 0.25) is 0 Å². The number of ether oxygens (including phenoxy) is 1. The van der Waals surface area contributed by atoms with Gasteiger partial charge in [-0.05, 0) is 54.4 Å². The number of nitrogens with two attached hydrogens (primary N) is 1. The fourth-order valence-electron chi connectivity index (χ4n) is 5.42. The number of hydrogen-bond acceptors (Lipinski definition) is 5. The summed E-state index contributed by atoms with van der Waals surface area (Å²) in [6.45, 7) is 7.29. The van der Waals surface area contributed by atoms with E-state index in [9.17, 15) is 19.5 Å². The second-order valence-electron chi connectivity index (χ2n) is 10.5. The Hall–Kier alpha value is -2.41. The van der Waals surface area contributed by atoms with Gasteiger partial charge in [-0.2, -0.15) is 0 Å². The van der Waals surface area contributed by atoms with Crippen LogP contribution in [0, 0.1) is 17.8 Å². The molecule has 33 heavy (non-hydrogen) atoms. The molecule has 5 atom stereocenters. The molecule has 1 aromatic carbocycles. The van der Waals surface area contributed by atoms with Gasteiger partial charge in [-0.25, -0.2) is 4.79 Å². The van der Waals surface area contributed by atoms with Crippen molar-refractivity contribution in [3.05, 3.63) is 29.3 Å². The van der Waals surface area contributed by atoms with E-state index in [2.05, 4.69) is 12.2 Å². The molecule has 0 aliphatic heterocycles. The smallest absolute Gasteiger partial charge is 0.326 e. The monoisotopic (exact) mass is 458 g/mol. The topological polar surface area (TPSA) is 119 Å². The van der Waals surface area contributed by atoms with Crippen LogP contribution in [0.5, 0.6) is 5.75 Å². The second kappa shape index (κ2) is 10.2. The van der Waals surface area contributed by atoms with Crippen molar-refractivity contribution in [2.24, 2.45) is 23.5 Å². The van der Waals surface area contributed by atoms with Crippen molar-refractivity contribution in [2.45, 2.75) is 90.1 Å². The number of carbonyl (C=O) groups excluding carboxylic acids is 2. The predicted octanol–water partition coefficient (Wildman–Crippen LogP) is 3.57. The minimum atomic E-state index is -1.09. The Morgan fingerprint density at radius 1 is 1.21 bits per heavy atom. The minimum Gasteiger partial charge on any atom is -0.480 e. The van der Waals surface area contributed by atoms with E-state index in [-0.39, 0.29) is 23.8 Å². The molecule has 1 saturated carbocycles. The van der Waals surface area contributed by atoms with Gasteiger partial charge in [-0.3, -0.25) is 9.59 Å². The van der Waals surface area contributed by atoms with Gasteiger partial charge in [0.2, 0.25) is 5.91 Å². The number of carbonyl (C=O) groups is 3. The highest BCUT2D eigenvalue weighted by Crippen LogP contribution is 2.46. The molecule has 0 saturated heterocycles. The zero-order valence-corrected chi connectivity index (χ0v) is 20.2. The summed E-state index contributed by atoms with van der Waals surface area (Å²) < 4.78 is 5.64. The highest BCUT2D eigenvalue weighted by atomic mass is 16.5. The van der Waals surface area contributed by atoms with Crippen molar-refractivity contribution >= 4 is 17.8 Å². The molecule has 2 bridgehead atoms. The molecule has 3 rings (SSSR count). The largest absolute Gasteiger partial charge is 0.480 e. The Balaban J connectivity index is 1.69. The first kappa shape index (κ1) is 25.2. The van der Waals surface area contributed by atoms with Crippen LogP contribution in [-0.4, -0.2) is 35.0 Å². The molecule has 0 unspecified atom stereocenters. The number of esters is 1. The van der Waals surface area contributed by atoms with Gasteiger partial charge in [0.15, 0.2) is 0 Å². The van der Waals surface area contributed by atoms with E-state index >= 15 is 0 Å². The molecule has 0 radical (unpaired) electrons. The zero-order valence-electron chi connectivity index (χ0n) is 20.2. The number of carboxylic acid groups (broad SMARTS) is 1. The molecule has 0 spiro atoms. The van der Waals surface area contributed by atoms with Crippen molar-refractivity contribution < 1.29 is 24.2 Å². The molecule has 1 amide bonds. The molecule has 7 nitrogen and oxygen atoms in total. The number of fused-ring (bicyclic) bond motifs is 4. The Morgan fingerprint density at radius 3 is 2.61 bits per heavy atom. The van der Waals surface area contributed by atoms with E-state index in [1.165, 1.54) is 24.0 Å². The Kier molecular flexibility index (Phi) is 7.83. The standard InChI is InChI=1S/C26H38N2O5/c1-15(2)22(24(30)31)28-21(29)12-16(3)25(32)33-19-10-9-17-13-18-8-6-5-7-11-26(4,23(18)27)20(17)14-19/h9-10,14-16,18,22-23H,5-8,11-13,27H2,1-4H3,(H,28,29)(H,30,31)/t16-,18-,22-,23-,26+/m0/s1. The van der Waals surface area contributed by atoms with Crippen molar-refractivity contribution in [1.82, 2.24) is 5.32 Å². The van der Waals surface area contributed by atoms with Gasteiger partial charge in [0.1, 0.15) is 11.8 Å². The van der Waals surface area contributed by atoms with Gasteiger partial charge >= 0.3 is 11.9 Å². The highest BCUT2D eigenvalue weighted by Gasteiger charge is 2.44. The van der Waals surface area contributed by atoms with Crippen molar-refractivity contribution in [2.75, 3.05) is 0 Å². The third-order valence-corrected chi connectivity index (χ3v) is 7.55. The van der Waals surface area contributed by atoms with Crippen LogP contribution in [-0.2, 0) is 26.2 Å². The maximum Gasteiger partial charge on any atom is 0.326 e. The first-order valence-corrected chi connectivity index (χ1v) is 12.2. The number of nitrogens with one attached hydrogen (secondary N) is 1. The lowest BCUT2D eigenvalue weighted by Gasteiger charge is -2.47. The van der Waals surface area contributed by atoms with Crippen LogP contribution in [0.1, 0.15) is 77.3 Å². The summed E-state index contributed by atoms with van der Waals surface area (Å²) >= 11 is 0. The van der Waals surface area contributed by atoms with Crippen molar-refractivity contribution in [1.29, 1.82) is 0 Å². The molecular weight excluding hydrogens is 420 g/mol. The first-order valence-electron chi connectivity index (χ1n) is 12.2. The predicted molar refractivity (Wildman–Crippen MR) is 126 cm³/mol. The molecular formula is C26H38N2O5. The van der Waals surface area contributed by atoms with Crippen LogP contribution in [0.25, 0.3) is 0 Å². The molecule has 182 valence electrons. The summed E-state index contributed by atoms with van der Waals surface area (Å²) in [5.41, 5.74) is 9.06. The van der Waals surface area contributed by atoms with Gasteiger partial charge in [0.05, 0.1) is 5.92 Å².